The number of carbonyl (C=O) groups is 1. The highest BCUT2D eigenvalue weighted by Crippen LogP contribution is 2.32. The molecule has 140 valence electrons. The zero-order valence-corrected chi connectivity index (χ0v) is 14.2. The summed E-state index contributed by atoms with van der Waals surface area (Å²) in [5, 5.41) is 10.2. The highest BCUT2D eigenvalue weighted by atomic mass is 19.4. The highest BCUT2D eigenvalue weighted by molar-refractivity contribution is 5.89. The summed E-state index contributed by atoms with van der Waals surface area (Å²) in [7, 11) is 0. The Kier molecular flexibility index (Phi) is 4.61. The van der Waals surface area contributed by atoms with E-state index in [2.05, 4.69) is 15.6 Å². The number of morpholine rings is 1. The Hall–Kier alpha value is -2.62. The molecule has 0 spiro atoms. The zero-order valence-electron chi connectivity index (χ0n) is 14.2. The van der Waals surface area contributed by atoms with Crippen LogP contribution in [0.3, 0.4) is 0 Å². The van der Waals surface area contributed by atoms with Crippen LogP contribution in [0.1, 0.15) is 13.8 Å². The van der Waals surface area contributed by atoms with Crippen molar-refractivity contribution in [3.8, 4) is 5.69 Å². The van der Waals surface area contributed by atoms with E-state index < -0.39 is 30.5 Å². The van der Waals surface area contributed by atoms with E-state index >= 15 is 0 Å². The Labute approximate surface area is 147 Å². The molecule has 1 saturated heterocycles. The lowest BCUT2D eigenvalue weighted by Crippen LogP contribution is -2.59. The summed E-state index contributed by atoms with van der Waals surface area (Å²) in [6.07, 6.45) is -3.34. The molecule has 10 heteroatoms. The van der Waals surface area contributed by atoms with E-state index in [1.54, 1.807) is 35.1 Å². The molecule has 0 aliphatic carbocycles. The SMILES string of the molecule is CC1(C)CN(C(=O)Nc2ccc(-n3ccnn3)cc2)CC(C(F)(F)F)O1. The first-order valence-electron chi connectivity index (χ1n) is 7.91. The summed E-state index contributed by atoms with van der Waals surface area (Å²) in [5.74, 6) is 0. The number of alkyl halides is 3. The minimum Gasteiger partial charge on any atom is -0.359 e. The van der Waals surface area contributed by atoms with E-state index in [9.17, 15) is 18.0 Å². The number of carbonyl (C=O) groups excluding carboxylic acids is 1. The molecule has 1 unspecified atom stereocenters. The summed E-state index contributed by atoms with van der Waals surface area (Å²) < 4.78 is 45.7. The van der Waals surface area contributed by atoms with Crippen molar-refractivity contribution in [2.75, 3.05) is 18.4 Å². The molecule has 1 aliphatic rings. The fourth-order valence-electron chi connectivity index (χ4n) is 2.75. The van der Waals surface area contributed by atoms with Crippen LogP contribution in [0.15, 0.2) is 36.7 Å². The first kappa shape index (κ1) is 18.2. The summed E-state index contributed by atoms with van der Waals surface area (Å²) in [4.78, 5) is 13.5. The minimum atomic E-state index is -4.53. The van der Waals surface area contributed by atoms with Gasteiger partial charge < -0.3 is 15.0 Å². The Balaban J connectivity index is 1.69. The number of hydrogen-bond acceptors (Lipinski definition) is 4. The molecule has 3 rings (SSSR count). The summed E-state index contributed by atoms with van der Waals surface area (Å²) in [5.41, 5.74) is 0.115. The molecular formula is C16H18F3N5O2. The summed E-state index contributed by atoms with van der Waals surface area (Å²) in [6.45, 7) is 2.56. The Morgan fingerprint density at radius 3 is 2.58 bits per heavy atom. The number of amides is 2. The molecule has 26 heavy (non-hydrogen) atoms. The maximum Gasteiger partial charge on any atom is 0.416 e. The van der Waals surface area contributed by atoms with Crippen LogP contribution in [-0.4, -0.2) is 56.9 Å². The number of anilines is 1. The third-order valence-corrected chi connectivity index (χ3v) is 3.88. The molecule has 7 nitrogen and oxygen atoms in total. The Bertz CT molecular complexity index is 759. The van der Waals surface area contributed by atoms with Crippen LogP contribution in [0.4, 0.5) is 23.7 Å². The molecule has 0 bridgehead atoms. The van der Waals surface area contributed by atoms with Gasteiger partial charge in [0.25, 0.3) is 0 Å². The Morgan fingerprint density at radius 1 is 1.31 bits per heavy atom. The fraction of sp³-hybridized carbons (Fsp3) is 0.438. The molecule has 2 amide bonds. The molecule has 1 aliphatic heterocycles. The van der Waals surface area contributed by atoms with Crippen molar-refractivity contribution in [2.24, 2.45) is 0 Å². The molecule has 1 aromatic carbocycles. The first-order chi connectivity index (χ1) is 12.1. The third-order valence-electron chi connectivity index (χ3n) is 3.88. The van der Waals surface area contributed by atoms with Crippen LogP contribution in [-0.2, 0) is 4.74 Å². The van der Waals surface area contributed by atoms with Crippen molar-refractivity contribution in [2.45, 2.75) is 31.7 Å². The summed E-state index contributed by atoms with van der Waals surface area (Å²) >= 11 is 0. The number of aromatic nitrogens is 3. The molecular weight excluding hydrogens is 351 g/mol. The molecule has 2 aromatic rings. The largest absolute Gasteiger partial charge is 0.416 e. The van der Waals surface area contributed by atoms with Crippen molar-refractivity contribution >= 4 is 11.7 Å². The fourth-order valence-corrected chi connectivity index (χ4v) is 2.75. The van der Waals surface area contributed by atoms with E-state index in [-0.39, 0.29) is 6.54 Å². The van der Waals surface area contributed by atoms with Crippen LogP contribution in [0.5, 0.6) is 0 Å². The third kappa shape index (κ3) is 4.13. The zero-order chi connectivity index (χ0) is 18.9. The number of nitrogens with zero attached hydrogens (tertiary/aromatic N) is 4. The lowest BCUT2D eigenvalue weighted by Gasteiger charge is -2.43. The van der Waals surface area contributed by atoms with Gasteiger partial charge in [0.15, 0.2) is 6.10 Å². The summed E-state index contributed by atoms with van der Waals surface area (Å²) in [6, 6.07) is 6.10. The normalized spacial score (nSPS) is 20.0. The van der Waals surface area contributed by atoms with Crippen LogP contribution in [0.2, 0.25) is 0 Å². The molecule has 1 N–H and O–H groups in total. The van der Waals surface area contributed by atoms with Gasteiger partial charge in [-0.15, -0.1) is 5.10 Å². The maximum atomic E-state index is 13.0. The Morgan fingerprint density at radius 2 is 2.00 bits per heavy atom. The number of nitrogens with one attached hydrogen (secondary N) is 1. The molecule has 0 saturated carbocycles. The number of urea groups is 1. The van der Waals surface area contributed by atoms with E-state index in [0.717, 1.165) is 10.6 Å². The van der Waals surface area contributed by atoms with E-state index in [0.29, 0.717) is 5.69 Å². The van der Waals surface area contributed by atoms with Gasteiger partial charge in [0.1, 0.15) is 0 Å². The second-order valence-electron chi connectivity index (χ2n) is 6.61. The van der Waals surface area contributed by atoms with Crippen LogP contribution in [0, 0.1) is 0 Å². The topological polar surface area (TPSA) is 72.3 Å². The molecule has 2 heterocycles. The average molecular weight is 369 g/mol. The van der Waals surface area contributed by atoms with Crippen molar-refractivity contribution in [3.05, 3.63) is 36.7 Å². The number of halogens is 3. The van der Waals surface area contributed by atoms with E-state index in [4.69, 9.17) is 4.74 Å². The van der Waals surface area contributed by atoms with Crippen molar-refractivity contribution in [1.82, 2.24) is 19.9 Å². The van der Waals surface area contributed by atoms with Crippen molar-refractivity contribution in [3.63, 3.8) is 0 Å². The highest BCUT2D eigenvalue weighted by Gasteiger charge is 2.49. The monoisotopic (exact) mass is 369 g/mol. The van der Waals surface area contributed by atoms with E-state index in [1.165, 1.54) is 20.0 Å². The van der Waals surface area contributed by atoms with Gasteiger partial charge in [-0.25, -0.2) is 9.48 Å². The molecule has 1 fully saturated rings. The number of benzene rings is 1. The van der Waals surface area contributed by atoms with Crippen LogP contribution >= 0.6 is 0 Å². The van der Waals surface area contributed by atoms with Gasteiger partial charge in [-0.1, -0.05) is 5.21 Å². The van der Waals surface area contributed by atoms with Gasteiger partial charge in [-0.3, -0.25) is 0 Å². The standard InChI is InChI=1S/C16H18F3N5O2/c1-15(2)10-23(9-13(26-15)16(17,18)19)14(25)21-11-3-5-12(6-4-11)24-8-7-20-22-24/h3-8,13H,9-10H2,1-2H3,(H,21,25). The second-order valence-corrected chi connectivity index (χ2v) is 6.61. The van der Waals surface area contributed by atoms with Crippen LogP contribution < -0.4 is 5.32 Å². The second kappa shape index (κ2) is 6.60. The predicted molar refractivity (Wildman–Crippen MR) is 87.0 cm³/mol. The van der Waals surface area contributed by atoms with Gasteiger partial charge in [0.2, 0.25) is 0 Å². The minimum absolute atomic E-state index is 0.0580. The van der Waals surface area contributed by atoms with Crippen molar-refractivity contribution in [1.29, 1.82) is 0 Å². The van der Waals surface area contributed by atoms with Gasteiger partial charge in [-0.2, -0.15) is 13.2 Å². The quantitative estimate of drug-likeness (QED) is 0.884. The van der Waals surface area contributed by atoms with E-state index in [1.807, 2.05) is 0 Å². The van der Waals surface area contributed by atoms with Gasteiger partial charge in [0.05, 0.1) is 36.8 Å². The van der Waals surface area contributed by atoms with Gasteiger partial charge in [0, 0.05) is 5.69 Å². The average Bonchev–Trinajstić information content (AvgIpc) is 3.07. The number of ether oxygens (including phenoxy) is 1. The van der Waals surface area contributed by atoms with Gasteiger partial charge in [-0.05, 0) is 38.1 Å². The van der Waals surface area contributed by atoms with Crippen molar-refractivity contribution < 1.29 is 22.7 Å². The van der Waals surface area contributed by atoms with Crippen LogP contribution in [0.25, 0.3) is 5.69 Å². The predicted octanol–water partition coefficient (Wildman–Crippen LogP) is 2.84. The van der Waals surface area contributed by atoms with Gasteiger partial charge >= 0.3 is 12.2 Å². The lowest BCUT2D eigenvalue weighted by molar-refractivity contribution is -0.267. The molecule has 0 radical (unpaired) electrons. The number of hydrogen-bond donors (Lipinski definition) is 1. The molecule has 1 aromatic heterocycles. The molecule has 1 atom stereocenters. The first-order valence-corrected chi connectivity index (χ1v) is 7.91. The maximum absolute atomic E-state index is 13.0. The number of rotatable bonds is 2. The lowest BCUT2D eigenvalue weighted by atomic mass is 10.1. The smallest absolute Gasteiger partial charge is 0.359 e.